The highest BCUT2D eigenvalue weighted by atomic mass is 16.2. The fourth-order valence-corrected chi connectivity index (χ4v) is 4.05. The van der Waals surface area contributed by atoms with Gasteiger partial charge in [0.05, 0.1) is 12.6 Å². The molecule has 12 heteroatoms. The van der Waals surface area contributed by atoms with E-state index in [1.54, 1.807) is 0 Å². The third-order valence-corrected chi connectivity index (χ3v) is 6.13. The number of primary amides is 1. The maximum atomic E-state index is 13.3. The van der Waals surface area contributed by atoms with Gasteiger partial charge in [-0.2, -0.15) is 0 Å². The fraction of sp³-hybridized carbons (Fsp3) is 0.680. The Kier molecular flexibility index (Phi) is 12.2. The van der Waals surface area contributed by atoms with Crippen LogP contribution in [-0.2, 0) is 24.0 Å². The largest absolute Gasteiger partial charge is 0.368 e. The third-order valence-electron chi connectivity index (χ3n) is 6.13. The molecular weight excluding hydrogens is 480 g/mol. The molecule has 6 amide bonds. The van der Waals surface area contributed by atoms with E-state index >= 15 is 0 Å². The first-order valence-corrected chi connectivity index (χ1v) is 12.6. The van der Waals surface area contributed by atoms with Crippen LogP contribution in [-0.4, -0.2) is 78.1 Å². The van der Waals surface area contributed by atoms with Crippen molar-refractivity contribution in [1.29, 1.82) is 0 Å². The first-order chi connectivity index (χ1) is 17.2. The summed E-state index contributed by atoms with van der Waals surface area (Å²) in [6, 6.07) is -3.05. The van der Waals surface area contributed by atoms with Crippen LogP contribution >= 0.6 is 0 Å². The Morgan fingerprint density at radius 3 is 2.30 bits per heavy atom. The number of hydrogen-bond donors (Lipinski definition) is 5. The highest BCUT2D eigenvalue weighted by Gasteiger charge is 2.41. The highest BCUT2D eigenvalue weighted by Crippen LogP contribution is 2.27. The first kappa shape index (κ1) is 31.6. The van der Waals surface area contributed by atoms with Gasteiger partial charge in [0.25, 0.3) is 5.91 Å². The molecule has 0 aromatic rings. The van der Waals surface area contributed by atoms with E-state index in [-0.39, 0.29) is 37.8 Å². The van der Waals surface area contributed by atoms with Crippen molar-refractivity contribution in [2.45, 2.75) is 78.4 Å². The molecule has 12 nitrogen and oxygen atoms in total. The molecule has 37 heavy (non-hydrogen) atoms. The van der Waals surface area contributed by atoms with Gasteiger partial charge in [-0.05, 0) is 24.2 Å². The zero-order valence-electron chi connectivity index (χ0n) is 22.5. The lowest BCUT2D eigenvalue weighted by atomic mass is 9.84. The van der Waals surface area contributed by atoms with Crippen molar-refractivity contribution < 1.29 is 28.8 Å². The summed E-state index contributed by atoms with van der Waals surface area (Å²) in [6.45, 7) is 12.9. The van der Waals surface area contributed by atoms with Crippen molar-refractivity contribution in [3.63, 3.8) is 0 Å². The Morgan fingerprint density at radius 2 is 1.76 bits per heavy atom. The average molecular weight is 523 g/mol. The SMILES string of the molecule is C=CCNC(=O)C(=O)C(CCC)NC(=O)C1C[C@@H](C)CN1C(=O)CC(NC(=O)NCC(N)=O)C(C)(C)C. The minimum atomic E-state index is -1.01. The average Bonchev–Trinajstić information content (AvgIpc) is 3.21. The maximum absolute atomic E-state index is 13.3. The molecule has 0 bridgehead atoms. The van der Waals surface area contributed by atoms with E-state index in [2.05, 4.69) is 27.8 Å². The molecule has 1 aliphatic rings. The molecule has 0 aromatic carbocycles. The lowest BCUT2D eigenvalue weighted by Crippen LogP contribution is -2.55. The third kappa shape index (κ3) is 10.2. The zero-order chi connectivity index (χ0) is 28.3. The van der Waals surface area contributed by atoms with Crippen LogP contribution in [0.5, 0.6) is 0 Å². The number of hydrogen-bond acceptors (Lipinski definition) is 6. The monoisotopic (exact) mass is 522 g/mol. The van der Waals surface area contributed by atoms with E-state index < -0.39 is 53.1 Å². The number of nitrogens with one attached hydrogen (secondary N) is 4. The number of ketones is 1. The van der Waals surface area contributed by atoms with Crippen LogP contribution in [0.4, 0.5) is 4.79 Å². The normalized spacial score (nSPS) is 18.8. The van der Waals surface area contributed by atoms with Crippen LogP contribution < -0.4 is 27.0 Å². The van der Waals surface area contributed by atoms with E-state index in [1.807, 2.05) is 34.6 Å². The summed E-state index contributed by atoms with van der Waals surface area (Å²) in [6.07, 6.45) is 2.61. The molecule has 1 rings (SSSR count). The fourth-order valence-electron chi connectivity index (χ4n) is 4.05. The topological polar surface area (TPSA) is 180 Å². The molecule has 208 valence electrons. The molecular formula is C25H42N6O6. The van der Waals surface area contributed by atoms with Crippen LogP contribution in [0, 0.1) is 11.3 Å². The first-order valence-electron chi connectivity index (χ1n) is 12.6. The zero-order valence-corrected chi connectivity index (χ0v) is 22.5. The number of rotatable bonds is 13. The predicted molar refractivity (Wildman–Crippen MR) is 138 cm³/mol. The summed E-state index contributed by atoms with van der Waals surface area (Å²) in [5, 5.41) is 10.2. The lowest BCUT2D eigenvalue weighted by Gasteiger charge is -2.33. The van der Waals surface area contributed by atoms with Gasteiger partial charge in [-0.1, -0.05) is 47.1 Å². The summed E-state index contributed by atoms with van der Waals surface area (Å²) in [5.41, 5.74) is 4.55. The van der Waals surface area contributed by atoms with E-state index in [9.17, 15) is 28.8 Å². The second-order valence-corrected chi connectivity index (χ2v) is 10.5. The van der Waals surface area contributed by atoms with E-state index in [1.165, 1.54) is 11.0 Å². The van der Waals surface area contributed by atoms with Crippen molar-refractivity contribution in [2.24, 2.45) is 17.1 Å². The summed E-state index contributed by atoms with van der Waals surface area (Å²) in [5.74, 6) is -3.05. The minimum absolute atomic E-state index is 0.0378. The van der Waals surface area contributed by atoms with Gasteiger partial charge in [0.15, 0.2) is 0 Å². The van der Waals surface area contributed by atoms with Crippen LogP contribution in [0.3, 0.4) is 0 Å². The van der Waals surface area contributed by atoms with Gasteiger partial charge in [0, 0.05) is 25.6 Å². The summed E-state index contributed by atoms with van der Waals surface area (Å²) in [7, 11) is 0. The molecule has 0 spiro atoms. The molecule has 4 atom stereocenters. The summed E-state index contributed by atoms with van der Waals surface area (Å²) in [4.78, 5) is 75.9. The van der Waals surface area contributed by atoms with Gasteiger partial charge >= 0.3 is 6.03 Å². The number of likely N-dealkylation sites (tertiary alicyclic amines) is 1. The molecule has 1 saturated heterocycles. The van der Waals surface area contributed by atoms with Crippen LogP contribution in [0.1, 0.15) is 60.3 Å². The Labute approximate surface area is 218 Å². The Balaban J connectivity index is 2.97. The maximum Gasteiger partial charge on any atom is 0.315 e. The smallest absolute Gasteiger partial charge is 0.315 e. The molecule has 0 aromatic heterocycles. The van der Waals surface area contributed by atoms with Gasteiger partial charge in [0.1, 0.15) is 6.04 Å². The minimum Gasteiger partial charge on any atom is -0.368 e. The van der Waals surface area contributed by atoms with Gasteiger partial charge in [-0.3, -0.25) is 24.0 Å². The van der Waals surface area contributed by atoms with Crippen molar-refractivity contribution in [3.8, 4) is 0 Å². The molecule has 0 saturated carbocycles. The second kappa shape index (κ2) is 14.3. The van der Waals surface area contributed by atoms with Crippen molar-refractivity contribution in [1.82, 2.24) is 26.2 Å². The van der Waals surface area contributed by atoms with Crippen LogP contribution in [0.25, 0.3) is 0 Å². The van der Waals surface area contributed by atoms with E-state index in [0.717, 1.165) is 0 Å². The Morgan fingerprint density at radius 1 is 1.11 bits per heavy atom. The second-order valence-electron chi connectivity index (χ2n) is 10.5. The number of amides is 6. The summed E-state index contributed by atoms with van der Waals surface area (Å²) < 4.78 is 0. The van der Waals surface area contributed by atoms with Crippen molar-refractivity contribution in [2.75, 3.05) is 19.6 Å². The van der Waals surface area contributed by atoms with Crippen molar-refractivity contribution >= 4 is 35.4 Å². The Bertz CT molecular complexity index is 883. The van der Waals surface area contributed by atoms with Gasteiger partial charge in [-0.25, -0.2) is 4.79 Å². The number of carbonyl (C=O) groups excluding carboxylic acids is 6. The van der Waals surface area contributed by atoms with E-state index in [4.69, 9.17) is 5.73 Å². The van der Waals surface area contributed by atoms with Gasteiger partial charge < -0.3 is 31.9 Å². The molecule has 0 aliphatic carbocycles. The standard InChI is InChI=1S/C25H42N6O6/c1-7-9-16(21(34)23(36)27-10-8-2)29-22(35)17-11-15(3)14-31(17)20(33)12-18(25(4,5)6)30-24(37)28-13-19(26)32/h8,15-18H,2,7,9-14H2,1,3-6H3,(H2,26,32)(H,27,36)(H,29,35)(H2,28,30,37)/t15-,16?,17?,18?/m1/s1. The number of urea groups is 1. The van der Waals surface area contributed by atoms with Crippen molar-refractivity contribution in [3.05, 3.63) is 12.7 Å². The molecule has 6 N–H and O–H groups in total. The van der Waals surface area contributed by atoms with Gasteiger partial charge in [-0.15, -0.1) is 6.58 Å². The lowest BCUT2D eigenvalue weighted by molar-refractivity contribution is -0.142. The summed E-state index contributed by atoms with van der Waals surface area (Å²) >= 11 is 0. The predicted octanol–water partition coefficient (Wildman–Crippen LogP) is -0.0311. The van der Waals surface area contributed by atoms with Crippen LogP contribution in [0.2, 0.25) is 0 Å². The molecule has 3 unspecified atom stereocenters. The molecule has 1 aliphatic heterocycles. The number of nitrogens with two attached hydrogens (primary N) is 1. The quantitative estimate of drug-likeness (QED) is 0.167. The number of Topliss-reactive ketones (excluding diaryl/α,β-unsaturated/α-hetero) is 1. The Hall–Kier alpha value is -3.44. The van der Waals surface area contributed by atoms with E-state index in [0.29, 0.717) is 19.4 Å². The molecule has 1 fully saturated rings. The number of carbonyl (C=O) groups is 6. The van der Waals surface area contributed by atoms with Crippen LogP contribution in [0.15, 0.2) is 12.7 Å². The number of nitrogens with zero attached hydrogens (tertiary/aromatic N) is 1. The van der Waals surface area contributed by atoms with Gasteiger partial charge in [0.2, 0.25) is 23.5 Å². The molecule has 0 radical (unpaired) electrons. The molecule has 1 heterocycles. The highest BCUT2D eigenvalue weighted by molar-refractivity contribution is 6.38.